The number of aromatic nitrogens is 1. The highest BCUT2D eigenvalue weighted by Crippen LogP contribution is 2.36. The van der Waals surface area contributed by atoms with Crippen LogP contribution in [0.15, 0.2) is 12.1 Å². The van der Waals surface area contributed by atoms with Gasteiger partial charge in [-0.05, 0) is 63.1 Å². The first-order chi connectivity index (χ1) is 16.4. The number of methoxy groups -OCH3 is 1. The Labute approximate surface area is 215 Å². The Morgan fingerprint density at radius 3 is 2.47 bits per heavy atom. The Hall–Kier alpha value is -2.27. The van der Waals surface area contributed by atoms with Gasteiger partial charge in [0.25, 0.3) is 5.91 Å². The summed E-state index contributed by atoms with van der Waals surface area (Å²) in [5, 5.41) is 23.8. The van der Waals surface area contributed by atoms with Crippen LogP contribution < -0.4 is 10.6 Å². The van der Waals surface area contributed by atoms with Crippen molar-refractivity contribution in [1.82, 2.24) is 20.5 Å². The average molecular weight is 511 g/mol. The fourth-order valence-corrected chi connectivity index (χ4v) is 4.36. The molecule has 0 spiro atoms. The van der Waals surface area contributed by atoms with Crippen LogP contribution in [-0.2, 0) is 27.1 Å². The maximum Gasteiger partial charge on any atom is 0.404 e. The van der Waals surface area contributed by atoms with Gasteiger partial charge in [-0.25, -0.2) is 4.79 Å². The summed E-state index contributed by atoms with van der Waals surface area (Å²) in [6.07, 6.45) is 2.82. The lowest BCUT2D eigenvalue weighted by Gasteiger charge is -2.36. The van der Waals surface area contributed by atoms with Gasteiger partial charge >= 0.3 is 6.09 Å². The molecule has 2 fully saturated rings. The third-order valence-electron chi connectivity index (χ3n) is 6.25. The zero-order valence-electron chi connectivity index (χ0n) is 20.2. The fraction of sp³-hybridized carbons (Fsp3) is 0.731. The van der Waals surface area contributed by atoms with Gasteiger partial charge in [-0.15, -0.1) is 0 Å². The highest BCUT2D eigenvalue weighted by molar-refractivity contribution is 5.82. The van der Waals surface area contributed by atoms with Crippen LogP contribution in [0.2, 0.25) is 0 Å². The number of carbonyl (C=O) groups excluding carboxylic acids is 1. The number of hydrogen-bond acceptors (Lipinski definition) is 7. The Morgan fingerprint density at radius 2 is 1.89 bits per heavy atom. The lowest BCUT2D eigenvalue weighted by molar-refractivity contribution is -0.155. The maximum atomic E-state index is 13.5. The molecular weight excluding hydrogens is 464 g/mol. The van der Waals surface area contributed by atoms with E-state index in [0.717, 1.165) is 42.6 Å². The second kappa shape index (κ2) is 15.8. The van der Waals surface area contributed by atoms with Crippen molar-refractivity contribution < 1.29 is 29.3 Å². The molecule has 36 heavy (non-hydrogen) atoms. The number of aliphatic hydroxyl groups is 1. The first-order valence-corrected chi connectivity index (χ1v) is 12.2. The molecule has 2 heterocycles. The molecule has 2 amide bonds. The lowest BCUT2D eigenvalue weighted by Crippen LogP contribution is -2.54. The number of nitrogens with one attached hydrogen (secondary N) is 2. The van der Waals surface area contributed by atoms with E-state index in [4.69, 9.17) is 19.6 Å². The number of ether oxygens (including phenoxy) is 2. The third kappa shape index (κ3) is 9.31. The van der Waals surface area contributed by atoms with Gasteiger partial charge in [0, 0.05) is 50.8 Å². The quantitative estimate of drug-likeness (QED) is 0.298. The number of pyridine rings is 1. The third-order valence-corrected chi connectivity index (χ3v) is 6.25. The van der Waals surface area contributed by atoms with Crippen LogP contribution in [0.25, 0.3) is 0 Å². The van der Waals surface area contributed by atoms with E-state index in [1.54, 1.807) is 7.11 Å². The highest BCUT2D eigenvalue weighted by Gasteiger charge is 2.41. The van der Waals surface area contributed by atoms with E-state index in [9.17, 15) is 14.7 Å². The highest BCUT2D eigenvalue weighted by atomic mass is 16.5. The molecule has 1 aromatic heterocycles. The molecule has 0 bridgehead atoms. The predicted octanol–water partition coefficient (Wildman–Crippen LogP) is 2.53. The van der Waals surface area contributed by atoms with E-state index < -0.39 is 12.2 Å². The number of amides is 2. The van der Waals surface area contributed by atoms with Gasteiger partial charge in [0.1, 0.15) is 6.10 Å². The van der Waals surface area contributed by atoms with Crippen molar-refractivity contribution in [2.24, 2.45) is 0 Å². The lowest BCUT2D eigenvalue weighted by atomic mass is 10.0. The summed E-state index contributed by atoms with van der Waals surface area (Å²) in [7, 11) is 1.68. The van der Waals surface area contributed by atoms with Gasteiger partial charge in [-0.1, -0.05) is 14.9 Å². The summed E-state index contributed by atoms with van der Waals surface area (Å²) < 4.78 is 11.0. The van der Waals surface area contributed by atoms with Crippen molar-refractivity contribution in [3.8, 4) is 0 Å². The van der Waals surface area contributed by atoms with Crippen LogP contribution in [0.3, 0.4) is 0 Å². The van der Waals surface area contributed by atoms with Gasteiger partial charge in [0.05, 0.1) is 18.8 Å². The Morgan fingerprint density at radius 1 is 1.22 bits per heavy atom. The minimum absolute atomic E-state index is 0. The summed E-state index contributed by atoms with van der Waals surface area (Å²) in [5.41, 5.74) is 2.86. The summed E-state index contributed by atoms with van der Waals surface area (Å²) in [4.78, 5) is 30.9. The monoisotopic (exact) mass is 510 g/mol. The number of nitrogens with zero attached hydrogens (tertiary/aromatic N) is 2. The Bertz CT molecular complexity index is 820. The molecule has 10 nitrogen and oxygen atoms in total. The van der Waals surface area contributed by atoms with Crippen LogP contribution in [-0.4, -0.2) is 90.3 Å². The molecule has 0 unspecified atom stereocenters. The van der Waals surface area contributed by atoms with Crippen LogP contribution in [0.1, 0.15) is 70.5 Å². The topological polar surface area (TPSA) is 133 Å². The molecule has 4 N–H and O–H groups in total. The Balaban J connectivity index is 0.00000324. The number of morpholine rings is 1. The molecule has 0 aromatic carbocycles. The van der Waals surface area contributed by atoms with E-state index in [-0.39, 0.29) is 45.6 Å². The zero-order chi connectivity index (χ0) is 24.5. The summed E-state index contributed by atoms with van der Waals surface area (Å²) in [6.45, 7) is 3.90. The molecule has 206 valence electrons. The minimum Gasteiger partial charge on any atom is -0.465 e. The molecule has 10 heteroatoms. The second-order valence-corrected chi connectivity index (χ2v) is 9.06. The van der Waals surface area contributed by atoms with Crippen LogP contribution in [0.5, 0.6) is 0 Å². The summed E-state index contributed by atoms with van der Waals surface area (Å²) in [6, 6.07) is 4.13. The second-order valence-electron chi connectivity index (χ2n) is 9.06. The number of carbonyl (C=O) groups is 2. The van der Waals surface area contributed by atoms with Crippen molar-refractivity contribution in [2.45, 2.75) is 84.6 Å². The molecule has 1 saturated carbocycles. The van der Waals surface area contributed by atoms with E-state index in [2.05, 4.69) is 16.7 Å². The van der Waals surface area contributed by atoms with Crippen molar-refractivity contribution in [1.29, 1.82) is 0 Å². The number of aryl methyl sites for hydroxylation is 2. The first-order valence-electron chi connectivity index (χ1n) is 12.2. The molecule has 1 aromatic rings. The molecule has 3 rings (SSSR count). The van der Waals surface area contributed by atoms with Crippen molar-refractivity contribution in [3.05, 3.63) is 29.1 Å². The van der Waals surface area contributed by atoms with Crippen LogP contribution in [0.4, 0.5) is 4.79 Å². The minimum atomic E-state index is -1.03. The van der Waals surface area contributed by atoms with Crippen LogP contribution in [0, 0.1) is 0 Å². The average Bonchev–Trinajstić information content (AvgIpc) is 3.67. The van der Waals surface area contributed by atoms with Crippen molar-refractivity contribution in [2.75, 3.05) is 40.0 Å². The normalized spacial score (nSPS) is 20.0. The molecule has 2 aliphatic rings. The largest absolute Gasteiger partial charge is 0.465 e. The number of hydrogen-bond donors (Lipinski definition) is 4. The Kier molecular flexibility index (Phi) is 13.9. The smallest absolute Gasteiger partial charge is 0.404 e. The molecular formula is C26H46N4O6. The summed E-state index contributed by atoms with van der Waals surface area (Å²) >= 11 is 0. The number of carboxylic acid groups (broad SMARTS) is 1. The van der Waals surface area contributed by atoms with Crippen molar-refractivity contribution >= 4 is 12.0 Å². The van der Waals surface area contributed by atoms with Crippen molar-refractivity contribution in [3.63, 3.8) is 0 Å². The molecule has 1 saturated heterocycles. The van der Waals surface area contributed by atoms with E-state index in [1.807, 2.05) is 17.9 Å². The van der Waals surface area contributed by atoms with Crippen LogP contribution >= 0.6 is 0 Å². The van der Waals surface area contributed by atoms with Gasteiger partial charge in [0.15, 0.2) is 0 Å². The van der Waals surface area contributed by atoms with Gasteiger partial charge < -0.3 is 35.2 Å². The maximum absolute atomic E-state index is 13.5. The number of aliphatic hydroxyl groups excluding tert-OH is 1. The fourth-order valence-electron chi connectivity index (χ4n) is 4.36. The van der Waals surface area contributed by atoms with Gasteiger partial charge in [-0.3, -0.25) is 9.78 Å². The number of rotatable bonds is 13. The van der Waals surface area contributed by atoms with E-state index in [0.29, 0.717) is 39.1 Å². The molecule has 0 radical (unpaired) electrons. The molecule has 3 atom stereocenters. The van der Waals surface area contributed by atoms with E-state index in [1.165, 1.54) is 0 Å². The SMILES string of the molecule is C.C.COCCCc1cc([C@@H](C)N(C(=O)[C@H]2CNC[C@@H](CO)O2)C2CC2)cc(CCCNC(=O)O)n1. The molecule has 1 aliphatic carbocycles. The first kappa shape index (κ1) is 31.8. The van der Waals surface area contributed by atoms with Gasteiger partial charge in [-0.2, -0.15) is 0 Å². The predicted molar refractivity (Wildman–Crippen MR) is 139 cm³/mol. The summed E-state index contributed by atoms with van der Waals surface area (Å²) in [5.74, 6) is -0.0504. The molecule has 1 aliphatic heterocycles. The standard InChI is InChI=1S/C24H38N4O6.2CH4/c1-16(28(20-7-8-20)23(30)22-14-25-13-21(15-29)34-22)17-11-18(5-3-9-26-24(31)32)27-19(12-17)6-4-10-33-2;;/h11-12,16,20-22,25-26,29H,3-10,13-15H2,1-2H3,(H,31,32);2*1H4/t16-,21+,22-;;/m1../s1. The van der Waals surface area contributed by atoms with E-state index >= 15 is 0 Å². The van der Waals surface area contributed by atoms with Gasteiger partial charge in [0.2, 0.25) is 0 Å². The zero-order valence-corrected chi connectivity index (χ0v) is 20.2.